The molecule has 28 heavy (non-hydrogen) atoms. The fourth-order valence-electron chi connectivity index (χ4n) is 2.66. The number of carbonyl (C=O) groups is 3. The van der Waals surface area contributed by atoms with Gasteiger partial charge in [-0.2, -0.15) is 0 Å². The van der Waals surface area contributed by atoms with Crippen molar-refractivity contribution in [3.63, 3.8) is 0 Å². The van der Waals surface area contributed by atoms with Crippen LogP contribution in [0.4, 0.5) is 5.69 Å². The minimum Gasteiger partial charge on any atom is -0.483 e. The Morgan fingerprint density at radius 3 is 1.96 bits per heavy atom. The summed E-state index contributed by atoms with van der Waals surface area (Å²) in [5.74, 6) is -1.07. The first-order valence-corrected chi connectivity index (χ1v) is 8.57. The van der Waals surface area contributed by atoms with Gasteiger partial charge in [-0.1, -0.05) is 6.07 Å². The highest BCUT2D eigenvalue weighted by Crippen LogP contribution is 2.23. The number of rotatable bonds is 6. The molecule has 0 saturated carbocycles. The molecule has 0 aliphatic rings. The van der Waals surface area contributed by atoms with Gasteiger partial charge in [0.1, 0.15) is 5.75 Å². The van der Waals surface area contributed by atoms with Crippen LogP contribution in [-0.2, 0) is 14.3 Å². The van der Waals surface area contributed by atoms with Gasteiger partial charge >= 0.3 is 11.9 Å². The number of carbonyl (C=O) groups excluding carboxylic acids is 3. The van der Waals surface area contributed by atoms with Crippen LogP contribution in [0.15, 0.2) is 30.3 Å². The maximum Gasteiger partial charge on any atom is 0.337 e. The lowest BCUT2D eigenvalue weighted by Gasteiger charge is -2.13. The number of methoxy groups -OCH3 is 2. The van der Waals surface area contributed by atoms with E-state index in [1.807, 2.05) is 32.9 Å². The van der Waals surface area contributed by atoms with Crippen molar-refractivity contribution in [1.82, 2.24) is 0 Å². The Morgan fingerprint density at radius 2 is 1.43 bits per heavy atom. The first-order chi connectivity index (χ1) is 13.2. The van der Waals surface area contributed by atoms with Gasteiger partial charge in [0.25, 0.3) is 5.91 Å². The van der Waals surface area contributed by atoms with E-state index < -0.39 is 17.8 Å². The van der Waals surface area contributed by atoms with Gasteiger partial charge in [0.2, 0.25) is 0 Å². The summed E-state index contributed by atoms with van der Waals surface area (Å²) >= 11 is 0. The van der Waals surface area contributed by atoms with Gasteiger partial charge < -0.3 is 19.5 Å². The summed E-state index contributed by atoms with van der Waals surface area (Å²) in [4.78, 5) is 35.9. The normalized spacial score (nSPS) is 10.2. The van der Waals surface area contributed by atoms with E-state index in [-0.39, 0.29) is 23.4 Å². The van der Waals surface area contributed by atoms with Crippen molar-refractivity contribution in [2.24, 2.45) is 0 Å². The first kappa shape index (κ1) is 21.0. The number of nitrogens with one attached hydrogen (secondary N) is 1. The number of aryl methyl sites for hydroxylation is 2. The molecule has 1 amide bonds. The molecule has 0 aromatic heterocycles. The molecular formula is C21H23NO6. The second kappa shape index (κ2) is 9.03. The third-order valence-electron chi connectivity index (χ3n) is 4.18. The molecule has 0 unspecified atom stereocenters. The quantitative estimate of drug-likeness (QED) is 0.768. The molecule has 0 spiro atoms. The number of esters is 2. The molecule has 1 N–H and O–H groups in total. The zero-order valence-corrected chi connectivity index (χ0v) is 16.5. The molecule has 0 aliphatic heterocycles. The second-order valence-electron chi connectivity index (χ2n) is 6.32. The van der Waals surface area contributed by atoms with Crippen LogP contribution in [-0.4, -0.2) is 38.7 Å². The van der Waals surface area contributed by atoms with Crippen LogP contribution in [0.25, 0.3) is 0 Å². The molecule has 0 bridgehead atoms. The number of hydrogen-bond donors (Lipinski definition) is 1. The van der Waals surface area contributed by atoms with E-state index in [0.717, 1.165) is 16.7 Å². The van der Waals surface area contributed by atoms with E-state index in [9.17, 15) is 14.4 Å². The molecule has 0 atom stereocenters. The molecule has 0 aliphatic carbocycles. The smallest absolute Gasteiger partial charge is 0.337 e. The van der Waals surface area contributed by atoms with Gasteiger partial charge in [-0.05, 0) is 61.7 Å². The Morgan fingerprint density at radius 1 is 0.857 bits per heavy atom. The Labute approximate surface area is 163 Å². The summed E-state index contributed by atoms with van der Waals surface area (Å²) in [6.07, 6.45) is 0. The van der Waals surface area contributed by atoms with Crippen LogP contribution in [0.3, 0.4) is 0 Å². The summed E-state index contributed by atoms with van der Waals surface area (Å²) in [5, 5.41) is 2.62. The summed E-state index contributed by atoms with van der Waals surface area (Å²) in [6.45, 7) is 5.62. The van der Waals surface area contributed by atoms with Crippen LogP contribution >= 0.6 is 0 Å². The number of hydrogen-bond acceptors (Lipinski definition) is 6. The third kappa shape index (κ3) is 5.09. The maximum atomic E-state index is 12.3. The van der Waals surface area contributed by atoms with Crippen molar-refractivity contribution in [3.8, 4) is 5.75 Å². The van der Waals surface area contributed by atoms with Crippen molar-refractivity contribution >= 4 is 23.5 Å². The zero-order chi connectivity index (χ0) is 20.8. The zero-order valence-electron chi connectivity index (χ0n) is 16.5. The standard InChI is InChI=1S/C21H23NO6/c1-12-6-13(2)14(3)18(7-12)28-11-19(23)22-17-9-15(20(24)26-4)8-16(10-17)21(25)27-5/h6-10H,11H2,1-5H3,(H,22,23). The van der Waals surface area contributed by atoms with Crippen molar-refractivity contribution in [3.05, 3.63) is 58.1 Å². The van der Waals surface area contributed by atoms with E-state index in [4.69, 9.17) is 4.74 Å². The molecule has 0 heterocycles. The summed E-state index contributed by atoms with van der Waals surface area (Å²) < 4.78 is 15.0. The Balaban J connectivity index is 2.17. The van der Waals surface area contributed by atoms with E-state index >= 15 is 0 Å². The van der Waals surface area contributed by atoms with E-state index in [2.05, 4.69) is 14.8 Å². The van der Waals surface area contributed by atoms with Gasteiger partial charge in [-0.25, -0.2) is 9.59 Å². The van der Waals surface area contributed by atoms with Crippen molar-refractivity contribution in [1.29, 1.82) is 0 Å². The van der Waals surface area contributed by atoms with Crippen LogP contribution in [0.2, 0.25) is 0 Å². The lowest BCUT2D eigenvalue weighted by Crippen LogP contribution is -2.21. The summed E-state index contributed by atoms with van der Waals surface area (Å²) in [6, 6.07) is 8.07. The molecule has 148 valence electrons. The highest BCUT2D eigenvalue weighted by Gasteiger charge is 2.15. The molecule has 7 heteroatoms. The van der Waals surface area contributed by atoms with Crippen molar-refractivity contribution in [2.45, 2.75) is 20.8 Å². The Hall–Kier alpha value is -3.35. The largest absolute Gasteiger partial charge is 0.483 e. The molecule has 2 aromatic rings. The molecule has 2 rings (SSSR count). The Bertz CT molecular complexity index is 885. The molecular weight excluding hydrogens is 362 g/mol. The monoisotopic (exact) mass is 385 g/mol. The van der Waals surface area contributed by atoms with Gasteiger partial charge in [0.15, 0.2) is 6.61 Å². The van der Waals surface area contributed by atoms with Crippen LogP contribution in [0.5, 0.6) is 5.75 Å². The van der Waals surface area contributed by atoms with Gasteiger partial charge in [-0.3, -0.25) is 4.79 Å². The second-order valence-corrected chi connectivity index (χ2v) is 6.32. The number of amides is 1. The SMILES string of the molecule is COC(=O)c1cc(NC(=O)COc2cc(C)cc(C)c2C)cc(C(=O)OC)c1. The van der Waals surface area contributed by atoms with Crippen molar-refractivity contribution < 1.29 is 28.6 Å². The lowest BCUT2D eigenvalue weighted by molar-refractivity contribution is -0.118. The van der Waals surface area contributed by atoms with Gasteiger partial charge in [-0.15, -0.1) is 0 Å². The highest BCUT2D eigenvalue weighted by molar-refractivity contribution is 5.99. The predicted octanol–water partition coefficient (Wildman–Crippen LogP) is 3.20. The number of benzene rings is 2. The number of anilines is 1. The first-order valence-electron chi connectivity index (χ1n) is 8.57. The highest BCUT2D eigenvalue weighted by atomic mass is 16.5. The molecule has 0 fully saturated rings. The molecule has 2 aromatic carbocycles. The van der Waals surface area contributed by atoms with E-state index in [1.54, 1.807) is 0 Å². The van der Waals surface area contributed by atoms with Crippen LogP contribution < -0.4 is 10.1 Å². The fraction of sp³-hybridized carbons (Fsp3) is 0.286. The van der Waals surface area contributed by atoms with Crippen LogP contribution in [0, 0.1) is 20.8 Å². The molecule has 0 radical (unpaired) electrons. The van der Waals surface area contributed by atoms with E-state index in [1.165, 1.54) is 32.4 Å². The maximum absolute atomic E-state index is 12.3. The fourth-order valence-corrected chi connectivity index (χ4v) is 2.66. The lowest BCUT2D eigenvalue weighted by atomic mass is 10.1. The minimum atomic E-state index is -0.636. The predicted molar refractivity (Wildman–Crippen MR) is 104 cm³/mol. The minimum absolute atomic E-state index is 0.117. The van der Waals surface area contributed by atoms with Crippen LogP contribution in [0.1, 0.15) is 37.4 Å². The summed E-state index contributed by atoms with van der Waals surface area (Å²) in [5.41, 5.74) is 3.56. The molecule has 0 saturated heterocycles. The van der Waals surface area contributed by atoms with Gasteiger partial charge in [0.05, 0.1) is 25.3 Å². The average molecular weight is 385 g/mol. The average Bonchev–Trinajstić information content (AvgIpc) is 2.67. The van der Waals surface area contributed by atoms with Gasteiger partial charge in [0, 0.05) is 5.69 Å². The Kier molecular flexibility index (Phi) is 6.76. The number of ether oxygens (including phenoxy) is 3. The van der Waals surface area contributed by atoms with Crippen molar-refractivity contribution in [2.75, 3.05) is 26.1 Å². The molecule has 7 nitrogen and oxygen atoms in total. The topological polar surface area (TPSA) is 90.9 Å². The van der Waals surface area contributed by atoms with E-state index in [0.29, 0.717) is 5.75 Å². The summed E-state index contributed by atoms with van der Waals surface area (Å²) in [7, 11) is 2.46. The third-order valence-corrected chi connectivity index (χ3v) is 4.18.